The van der Waals surface area contributed by atoms with Crippen molar-refractivity contribution >= 4 is 11.9 Å². The zero-order valence-corrected chi connectivity index (χ0v) is 22.8. The molecule has 0 aromatic rings. The van der Waals surface area contributed by atoms with Gasteiger partial charge in [-0.15, -0.1) is 0 Å². The number of ether oxygens (including phenoxy) is 2. The largest absolute Gasteiger partial charge is 0.466 e. The molecule has 0 saturated heterocycles. The van der Waals surface area contributed by atoms with Gasteiger partial charge < -0.3 is 9.47 Å². The zero-order valence-electron chi connectivity index (χ0n) is 22.8. The highest BCUT2D eigenvalue weighted by atomic mass is 16.5. The van der Waals surface area contributed by atoms with Crippen LogP contribution >= 0.6 is 0 Å². The molecule has 0 bridgehead atoms. The summed E-state index contributed by atoms with van der Waals surface area (Å²) in [5.74, 6) is -0.492. The lowest BCUT2D eigenvalue weighted by Gasteiger charge is -2.04. The molecule has 0 amide bonds. The summed E-state index contributed by atoms with van der Waals surface area (Å²) in [6.07, 6.45) is 29.4. The quantitative estimate of drug-likeness (QED) is 0.0703. The first-order chi connectivity index (χ1) is 16.7. The molecule has 0 aromatic heterocycles. The average molecular weight is 481 g/mol. The van der Waals surface area contributed by atoms with Gasteiger partial charge in [0.25, 0.3) is 0 Å². The molecule has 4 nitrogen and oxygen atoms in total. The van der Waals surface area contributed by atoms with Crippen LogP contribution in [0.25, 0.3) is 0 Å². The van der Waals surface area contributed by atoms with Crippen LogP contribution < -0.4 is 0 Å². The molecule has 0 saturated carbocycles. The van der Waals surface area contributed by atoms with Crippen LogP contribution in [0.5, 0.6) is 0 Å². The molecule has 0 heterocycles. The van der Waals surface area contributed by atoms with Crippen LogP contribution in [0.1, 0.15) is 155 Å². The Hall–Kier alpha value is -1.32. The Labute approximate surface area is 211 Å². The summed E-state index contributed by atoms with van der Waals surface area (Å²) in [6.45, 7) is 5.50. The van der Waals surface area contributed by atoms with E-state index in [9.17, 15) is 9.59 Å². The van der Waals surface area contributed by atoms with Crippen LogP contribution in [-0.2, 0) is 19.1 Å². The van der Waals surface area contributed by atoms with E-state index in [1.54, 1.807) is 6.08 Å². The number of hydrogen-bond donors (Lipinski definition) is 0. The Morgan fingerprint density at radius 3 is 1.35 bits per heavy atom. The van der Waals surface area contributed by atoms with E-state index in [1.807, 2.05) is 0 Å². The number of carbonyl (C=O) groups is 2. The second-order valence-corrected chi connectivity index (χ2v) is 9.69. The van der Waals surface area contributed by atoms with Crippen molar-refractivity contribution in [3.05, 3.63) is 12.2 Å². The van der Waals surface area contributed by atoms with Gasteiger partial charge in [-0.2, -0.15) is 0 Å². The highest BCUT2D eigenvalue weighted by molar-refractivity contribution is 5.82. The molecule has 0 aliphatic heterocycles. The van der Waals surface area contributed by atoms with Crippen molar-refractivity contribution in [1.82, 2.24) is 0 Å². The lowest BCUT2D eigenvalue weighted by Crippen LogP contribution is -2.05. The van der Waals surface area contributed by atoms with E-state index in [0.717, 1.165) is 25.7 Å². The summed E-state index contributed by atoms with van der Waals surface area (Å²) in [5.41, 5.74) is 0. The van der Waals surface area contributed by atoms with Gasteiger partial charge in [-0.05, 0) is 19.3 Å². The second kappa shape index (κ2) is 27.9. The number of rotatable bonds is 26. The zero-order chi connectivity index (χ0) is 25.0. The van der Waals surface area contributed by atoms with E-state index < -0.39 is 0 Å². The minimum atomic E-state index is -0.311. The first-order valence-electron chi connectivity index (χ1n) is 14.7. The van der Waals surface area contributed by atoms with Crippen molar-refractivity contribution in [2.24, 2.45) is 0 Å². The third kappa shape index (κ3) is 26.9. The van der Waals surface area contributed by atoms with Crippen molar-refractivity contribution in [3.8, 4) is 0 Å². The Morgan fingerprint density at radius 2 is 0.912 bits per heavy atom. The van der Waals surface area contributed by atoms with Crippen LogP contribution in [0, 0.1) is 0 Å². The topological polar surface area (TPSA) is 52.6 Å². The van der Waals surface area contributed by atoms with Gasteiger partial charge in [-0.3, -0.25) is 4.79 Å². The van der Waals surface area contributed by atoms with Crippen molar-refractivity contribution in [2.45, 2.75) is 155 Å². The van der Waals surface area contributed by atoms with Gasteiger partial charge in [0.1, 0.15) is 0 Å². The molecular weight excluding hydrogens is 424 g/mol. The van der Waals surface area contributed by atoms with Crippen LogP contribution in [0.4, 0.5) is 0 Å². The number of carbonyl (C=O) groups excluding carboxylic acids is 2. The van der Waals surface area contributed by atoms with Crippen LogP contribution in [-0.4, -0.2) is 25.2 Å². The molecule has 0 radical (unpaired) electrons. The molecular formula is C30H56O4. The SMILES string of the molecule is CCCCCCCCCCCCOC(=O)C=CCCC(=O)OCCCCCCCCCCCC. The van der Waals surface area contributed by atoms with Crippen LogP contribution in [0.3, 0.4) is 0 Å². The van der Waals surface area contributed by atoms with E-state index in [1.165, 1.54) is 109 Å². The third-order valence-corrected chi connectivity index (χ3v) is 6.27. The minimum absolute atomic E-state index is 0.181. The van der Waals surface area contributed by atoms with Gasteiger partial charge >= 0.3 is 11.9 Å². The van der Waals surface area contributed by atoms with Gasteiger partial charge in [0.05, 0.1) is 13.2 Å². The number of hydrogen-bond acceptors (Lipinski definition) is 4. The Morgan fingerprint density at radius 1 is 0.529 bits per heavy atom. The molecule has 0 unspecified atom stereocenters. The standard InChI is InChI=1S/C30H56O4/c1-3-5-7-9-11-13-15-17-19-23-27-33-29(31)25-21-22-26-30(32)34-28-24-20-18-16-14-12-10-8-6-4-2/h21,25H,3-20,22-24,26-28H2,1-2H3. The van der Waals surface area contributed by atoms with Crippen LogP contribution in [0.15, 0.2) is 12.2 Å². The fourth-order valence-corrected chi connectivity index (χ4v) is 4.04. The van der Waals surface area contributed by atoms with E-state index in [0.29, 0.717) is 26.1 Å². The molecule has 0 aliphatic carbocycles. The molecule has 200 valence electrons. The fraction of sp³-hybridized carbons (Fsp3) is 0.867. The predicted molar refractivity (Wildman–Crippen MR) is 144 cm³/mol. The van der Waals surface area contributed by atoms with Crippen molar-refractivity contribution < 1.29 is 19.1 Å². The lowest BCUT2D eigenvalue weighted by molar-refractivity contribution is -0.143. The van der Waals surface area contributed by atoms with Crippen molar-refractivity contribution in [1.29, 1.82) is 0 Å². The summed E-state index contributed by atoms with van der Waals surface area (Å²) in [5, 5.41) is 0. The summed E-state index contributed by atoms with van der Waals surface area (Å²) < 4.78 is 10.5. The van der Waals surface area contributed by atoms with Crippen molar-refractivity contribution in [2.75, 3.05) is 13.2 Å². The highest BCUT2D eigenvalue weighted by Gasteiger charge is 2.02. The molecule has 0 N–H and O–H groups in total. The fourth-order valence-electron chi connectivity index (χ4n) is 4.04. The molecule has 34 heavy (non-hydrogen) atoms. The summed E-state index contributed by atoms with van der Waals surface area (Å²) in [6, 6.07) is 0. The molecule has 0 rings (SSSR count). The Bertz CT molecular complexity index is 472. The smallest absolute Gasteiger partial charge is 0.330 e. The minimum Gasteiger partial charge on any atom is -0.466 e. The number of unbranched alkanes of at least 4 members (excludes halogenated alkanes) is 18. The highest BCUT2D eigenvalue weighted by Crippen LogP contribution is 2.11. The maximum absolute atomic E-state index is 11.8. The van der Waals surface area contributed by atoms with Gasteiger partial charge in [0.2, 0.25) is 0 Å². The van der Waals surface area contributed by atoms with Gasteiger partial charge in [0.15, 0.2) is 0 Å². The maximum atomic E-state index is 11.8. The van der Waals surface area contributed by atoms with Gasteiger partial charge in [0, 0.05) is 12.5 Å². The van der Waals surface area contributed by atoms with E-state index in [2.05, 4.69) is 13.8 Å². The predicted octanol–water partition coefficient (Wildman–Crippen LogP) is 9.25. The van der Waals surface area contributed by atoms with E-state index in [4.69, 9.17) is 9.47 Å². The molecule has 0 aromatic carbocycles. The van der Waals surface area contributed by atoms with Crippen molar-refractivity contribution in [3.63, 3.8) is 0 Å². The molecule has 0 spiro atoms. The number of esters is 2. The van der Waals surface area contributed by atoms with E-state index in [-0.39, 0.29) is 11.9 Å². The summed E-state index contributed by atoms with van der Waals surface area (Å²) in [4.78, 5) is 23.5. The van der Waals surface area contributed by atoms with E-state index >= 15 is 0 Å². The maximum Gasteiger partial charge on any atom is 0.330 e. The molecule has 4 heteroatoms. The van der Waals surface area contributed by atoms with Crippen LogP contribution in [0.2, 0.25) is 0 Å². The Kier molecular flexibility index (Phi) is 26.8. The second-order valence-electron chi connectivity index (χ2n) is 9.69. The first kappa shape index (κ1) is 32.7. The molecule has 0 fully saturated rings. The molecule has 0 aliphatic rings. The monoisotopic (exact) mass is 480 g/mol. The summed E-state index contributed by atoms with van der Waals surface area (Å²) in [7, 11) is 0. The third-order valence-electron chi connectivity index (χ3n) is 6.27. The summed E-state index contributed by atoms with van der Waals surface area (Å²) >= 11 is 0. The Balaban J connectivity index is 3.37. The van der Waals surface area contributed by atoms with Gasteiger partial charge in [-0.25, -0.2) is 4.79 Å². The molecule has 0 atom stereocenters. The van der Waals surface area contributed by atoms with Gasteiger partial charge in [-0.1, -0.05) is 135 Å². The normalized spacial score (nSPS) is 11.2. The first-order valence-corrected chi connectivity index (χ1v) is 14.7. The lowest BCUT2D eigenvalue weighted by atomic mass is 10.1. The average Bonchev–Trinajstić information content (AvgIpc) is 2.83. The number of allylic oxidation sites excluding steroid dienone is 1.